The van der Waals surface area contributed by atoms with Crippen LogP contribution in [0, 0.1) is 6.92 Å². The highest BCUT2D eigenvalue weighted by Crippen LogP contribution is 2.32. The minimum Gasteiger partial charge on any atom is -0.477 e. The average molecular weight is 269 g/mol. The summed E-state index contributed by atoms with van der Waals surface area (Å²) in [5, 5.41) is 0.514. The Hall–Kier alpha value is -1.55. The van der Waals surface area contributed by atoms with Gasteiger partial charge < -0.3 is 9.47 Å². The van der Waals surface area contributed by atoms with Gasteiger partial charge in [-0.2, -0.15) is 0 Å². The van der Waals surface area contributed by atoms with E-state index in [1.807, 2.05) is 6.92 Å². The number of esters is 1. The zero-order valence-electron chi connectivity index (χ0n) is 10.2. The standard InChI is InChI=1S/C13H13ClO4/c1-3-17-13(16)12-6-10(15)8-5-9(14)7(2)4-11(8)18-12/h4-5,12H,3,6H2,1-2H3/t12-/m0/s1. The van der Waals surface area contributed by atoms with Gasteiger partial charge in [-0.05, 0) is 31.5 Å². The number of aryl methyl sites for hydroxylation is 1. The van der Waals surface area contributed by atoms with Crippen molar-refractivity contribution < 1.29 is 19.1 Å². The third-order valence-corrected chi connectivity index (χ3v) is 3.16. The van der Waals surface area contributed by atoms with Gasteiger partial charge in [-0.3, -0.25) is 4.79 Å². The highest BCUT2D eigenvalue weighted by Gasteiger charge is 2.32. The Morgan fingerprint density at radius 1 is 1.56 bits per heavy atom. The van der Waals surface area contributed by atoms with Crippen molar-refractivity contribution in [1.29, 1.82) is 0 Å². The Kier molecular flexibility index (Phi) is 3.57. The third-order valence-electron chi connectivity index (χ3n) is 2.75. The van der Waals surface area contributed by atoms with Gasteiger partial charge >= 0.3 is 5.97 Å². The van der Waals surface area contributed by atoms with Gasteiger partial charge in [-0.15, -0.1) is 0 Å². The fraction of sp³-hybridized carbons (Fsp3) is 0.385. The van der Waals surface area contributed by atoms with E-state index in [2.05, 4.69) is 0 Å². The molecule has 1 aliphatic rings. The number of ketones is 1. The number of rotatable bonds is 2. The van der Waals surface area contributed by atoms with E-state index in [4.69, 9.17) is 21.1 Å². The molecule has 96 valence electrons. The fourth-order valence-electron chi connectivity index (χ4n) is 1.81. The number of carbonyl (C=O) groups excluding carboxylic acids is 2. The molecule has 1 aromatic carbocycles. The van der Waals surface area contributed by atoms with Crippen molar-refractivity contribution >= 4 is 23.4 Å². The van der Waals surface area contributed by atoms with Gasteiger partial charge in [0.2, 0.25) is 6.10 Å². The molecule has 0 aromatic heterocycles. The van der Waals surface area contributed by atoms with Crippen LogP contribution in [-0.4, -0.2) is 24.5 Å². The van der Waals surface area contributed by atoms with Crippen molar-refractivity contribution in [1.82, 2.24) is 0 Å². The molecule has 0 amide bonds. The molecule has 1 heterocycles. The third kappa shape index (κ3) is 2.34. The first-order valence-electron chi connectivity index (χ1n) is 5.69. The smallest absolute Gasteiger partial charge is 0.347 e. The minimum atomic E-state index is -0.856. The summed E-state index contributed by atoms with van der Waals surface area (Å²) in [5.74, 6) is -0.272. The van der Waals surface area contributed by atoms with Crippen LogP contribution in [-0.2, 0) is 9.53 Å². The van der Waals surface area contributed by atoms with E-state index in [-0.39, 0.29) is 18.8 Å². The lowest BCUT2D eigenvalue weighted by Gasteiger charge is -2.24. The molecule has 0 unspecified atom stereocenters. The van der Waals surface area contributed by atoms with Crippen molar-refractivity contribution in [3.8, 4) is 5.75 Å². The predicted octanol–water partition coefficient (Wildman–Crippen LogP) is 2.55. The van der Waals surface area contributed by atoms with E-state index < -0.39 is 12.1 Å². The van der Waals surface area contributed by atoms with Gasteiger partial charge in [-0.25, -0.2) is 4.79 Å². The first-order chi connectivity index (χ1) is 8.52. The predicted molar refractivity (Wildman–Crippen MR) is 66.2 cm³/mol. The molecule has 1 aromatic rings. The minimum absolute atomic E-state index is 0.00871. The van der Waals surface area contributed by atoms with E-state index in [0.717, 1.165) is 5.56 Å². The molecule has 0 aliphatic carbocycles. The van der Waals surface area contributed by atoms with Gasteiger partial charge in [-0.1, -0.05) is 11.6 Å². The van der Waals surface area contributed by atoms with Gasteiger partial charge in [0.15, 0.2) is 5.78 Å². The van der Waals surface area contributed by atoms with Gasteiger partial charge in [0.25, 0.3) is 0 Å². The quantitative estimate of drug-likeness (QED) is 0.774. The first-order valence-corrected chi connectivity index (χ1v) is 6.07. The number of halogens is 1. The van der Waals surface area contributed by atoms with Crippen LogP contribution in [0.25, 0.3) is 0 Å². The zero-order chi connectivity index (χ0) is 13.3. The molecule has 1 aliphatic heterocycles. The molecule has 0 bridgehead atoms. The van der Waals surface area contributed by atoms with Crippen LogP contribution < -0.4 is 4.74 Å². The number of ether oxygens (including phenoxy) is 2. The van der Waals surface area contributed by atoms with E-state index in [9.17, 15) is 9.59 Å². The highest BCUT2D eigenvalue weighted by atomic mass is 35.5. The molecule has 0 fully saturated rings. The van der Waals surface area contributed by atoms with Crippen molar-refractivity contribution in [2.45, 2.75) is 26.4 Å². The summed E-state index contributed by atoms with van der Waals surface area (Å²) in [6.07, 6.45) is -0.865. The summed E-state index contributed by atoms with van der Waals surface area (Å²) in [6, 6.07) is 3.25. The number of fused-ring (bicyclic) bond motifs is 1. The lowest BCUT2D eigenvalue weighted by molar-refractivity contribution is -0.151. The molecule has 0 saturated carbocycles. The highest BCUT2D eigenvalue weighted by molar-refractivity contribution is 6.31. The molecule has 1 atom stereocenters. The molecule has 5 heteroatoms. The Labute approximate surface area is 110 Å². The summed E-state index contributed by atoms with van der Waals surface area (Å²) >= 11 is 5.96. The van der Waals surface area contributed by atoms with Crippen LogP contribution in [0.5, 0.6) is 5.75 Å². The average Bonchev–Trinajstić information content (AvgIpc) is 2.32. The number of benzene rings is 1. The maximum Gasteiger partial charge on any atom is 0.347 e. The Bertz CT molecular complexity index is 510. The second-order valence-corrected chi connectivity index (χ2v) is 4.49. The number of carbonyl (C=O) groups is 2. The SMILES string of the molecule is CCOC(=O)[C@@H]1CC(=O)c2cc(Cl)c(C)cc2O1. The van der Waals surface area contributed by atoms with Crippen LogP contribution in [0.4, 0.5) is 0 Å². The van der Waals surface area contributed by atoms with Crippen LogP contribution >= 0.6 is 11.6 Å². The lowest BCUT2D eigenvalue weighted by Crippen LogP contribution is -2.35. The maximum atomic E-state index is 11.9. The fourth-order valence-corrected chi connectivity index (χ4v) is 1.97. The second kappa shape index (κ2) is 4.98. The van der Waals surface area contributed by atoms with Crippen LogP contribution in [0.2, 0.25) is 5.02 Å². The Morgan fingerprint density at radius 3 is 2.94 bits per heavy atom. The van der Waals surface area contributed by atoms with E-state index >= 15 is 0 Å². The number of Topliss-reactive ketones (excluding diaryl/α,β-unsaturated/α-hetero) is 1. The lowest BCUT2D eigenvalue weighted by atomic mass is 9.99. The van der Waals surface area contributed by atoms with Gasteiger partial charge in [0.05, 0.1) is 18.6 Å². The molecule has 4 nitrogen and oxygen atoms in total. The van der Waals surface area contributed by atoms with Crippen LogP contribution in [0.15, 0.2) is 12.1 Å². The second-order valence-electron chi connectivity index (χ2n) is 4.08. The van der Waals surface area contributed by atoms with Crippen molar-refractivity contribution in [3.63, 3.8) is 0 Å². The number of hydrogen-bond acceptors (Lipinski definition) is 4. The summed E-state index contributed by atoms with van der Waals surface area (Å²) in [4.78, 5) is 23.5. The Balaban J connectivity index is 2.31. The molecule has 0 spiro atoms. The molecular formula is C13H13ClO4. The van der Waals surface area contributed by atoms with Crippen molar-refractivity contribution in [2.75, 3.05) is 6.61 Å². The van der Waals surface area contributed by atoms with Crippen molar-refractivity contribution in [3.05, 3.63) is 28.3 Å². The molecule has 2 rings (SSSR count). The summed E-state index contributed by atoms with van der Waals surface area (Å²) in [6.45, 7) is 3.78. The molecule has 0 N–H and O–H groups in total. The molecule has 0 saturated heterocycles. The normalized spacial score (nSPS) is 17.9. The van der Waals surface area contributed by atoms with E-state index in [0.29, 0.717) is 16.3 Å². The zero-order valence-corrected chi connectivity index (χ0v) is 10.9. The van der Waals surface area contributed by atoms with Crippen LogP contribution in [0.1, 0.15) is 29.3 Å². The largest absolute Gasteiger partial charge is 0.477 e. The topological polar surface area (TPSA) is 52.6 Å². The molecule has 0 radical (unpaired) electrons. The van der Waals surface area contributed by atoms with Crippen molar-refractivity contribution in [2.24, 2.45) is 0 Å². The van der Waals surface area contributed by atoms with Crippen LogP contribution in [0.3, 0.4) is 0 Å². The monoisotopic (exact) mass is 268 g/mol. The number of hydrogen-bond donors (Lipinski definition) is 0. The molecular weight excluding hydrogens is 256 g/mol. The maximum absolute atomic E-state index is 11.9. The van der Waals surface area contributed by atoms with Gasteiger partial charge in [0.1, 0.15) is 5.75 Å². The first kappa shape index (κ1) is 12.9. The summed E-state index contributed by atoms with van der Waals surface area (Å²) in [5.41, 5.74) is 1.22. The Morgan fingerprint density at radius 2 is 2.28 bits per heavy atom. The van der Waals surface area contributed by atoms with Gasteiger partial charge in [0, 0.05) is 5.02 Å². The van der Waals surface area contributed by atoms with E-state index in [1.165, 1.54) is 0 Å². The molecule has 18 heavy (non-hydrogen) atoms. The summed E-state index contributed by atoms with van der Waals surface area (Å²) in [7, 11) is 0. The summed E-state index contributed by atoms with van der Waals surface area (Å²) < 4.78 is 10.4. The van der Waals surface area contributed by atoms with E-state index in [1.54, 1.807) is 19.1 Å².